The number of phenols is 3. The number of carbonyl (C=O) groups excluding carboxylic acids is 1. The fraction of sp³-hybridized carbons (Fsp3) is 0.472. The first-order valence-corrected chi connectivity index (χ1v) is 16.2. The van der Waals surface area contributed by atoms with Crippen LogP contribution in [0.4, 0.5) is 0 Å². The summed E-state index contributed by atoms with van der Waals surface area (Å²) in [5.41, 5.74) is 9.25. The van der Waals surface area contributed by atoms with E-state index in [4.69, 9.17) is 15.2 Å². The number of hydrogen-bond donors (Lipinski definition) is 7. The number of ether oxygens (including phenoxy) is 2. The average molecular weight is 637 g/mol. The summed E-state index contributed by atoms with van der Waals surface area (Å²) in [6.07, 6.45) is 4.14. The number of aliphatic hydroxyl groups is 2. The van der Waals surface area contributed by atoms with Gasteiger partial charge in [-0.2, -0.15) is 0 Å². The van der Waals surface area contributed by atoms with Crippen molar-refractivity contribution in [3.05, 3.63) is 76.9 Å². The minimum atomic E-state index is -0.928. The van der Waals surface area contributed by atoms with E-state index in [0.29, 0.717) is 25.7 Å². The zero-order valence-corrected chi connectivity index (χ0v) is 26.4. The molecule has 10 heteroatoms. The van der Waals surface area contributed by atoms with Gasteiger partial charge < -0.3 is 40.3 Å². The van der Waals surface area contributed by atoms with Crippen LogP contribution in [-0.2, 0) is 24.1 Å². The molecular weight excluding hydrogens is 588 g/mol. The Morgan fingerprint density at radius 3 is 2.39 bits per heavy atom. The molecule has 3 aromatic carbocycles. The van der Waals surface area contributed by atoms with Crippen LogP contribution in [0.3, 0.4) is 0 Å². The first-order valence-electron chi connectivity index (χ1n) is 16.2. The fourth-order valence-electron chi connectivity index (χ4n) is 6.08. The van der Waals surface area contributed by atoms with Crippen LogP contribution in [0.2, 0.25) is 0 Å². The largest absolute Gasteiger partial charge is 0.504 e. The van der Waals surface area contributed by atoms with Crippen LogP contribution in [-0.4, -0.2) is 70.0 Å². The molecule has 1 aliphatic rings. The lowest BCUT2D eigenvalue weighted by molar-refractivity contribution is -0.121. The monoisotopic (exact) mass is 636 g/mol. The summed E-state index contributed by atoms with van der Waals surface area (Å²) in [5, 5.41) is 55.1. The average Bonchev–Trinajstić information content (AvgIpc) is 3.05. The van der Waals surface area contributed by atoms with Gasteiger partial charge in [-0.05, 0) is 117 Å². The van der Waals surface area contributed by atoms with E-state index in [9.17, 15) is 30.3 Å². The number of aromatic hydroxyl groups is 3. The highest BCUT2D eigenvalue weighted by Crippen LogP contribution is 2.42. The number of aliphatic hydroxyl groups excluding tert-OH is 2. The van der Waals surface area contributed by atoms with E-state index < -0.39 is 6.10 Å². The number of carbonyl (C=O) groups is 1. The summed E-state index contributed by atoms with van der Waals surface area (Å²) < 4.78 is 11.4. The number of phenolic OH excluding ortho intramolecular Hbond substituents is 3. The molecule has 0 unspecified atom stereocenters. The summed E-state index contributed by atoms with van der Waals surface area (Å²) in [4.78, 5) is 12.9. The van der Waals surface area contributed by atoms with Gasteiger partial charge in [-0.3, -0.25) is 10.5 Å². The molecule has 0 bridgehead atoms. The predicted molar refractivity (Wildman–Crippen MR) is 176 cm³/mol. The van der Waals surface area contributed by atoms with E-state index in [1.165, 1.54) is 12.1 Å². The van der Waals surface area contributed by atoms with E-state index >= 15 is 0 Å². The summed E-state index contributed by atoms with van der Waals surface area (Å²) in [6, 6.07) is 16.2. The van der Waals surface area contributed by atoms with Gasteiger partial charge in [0.15, 0.2) is 23.0 Å². The highest BCUT2D eigenvalue weighted by molar-refractivity contribution is 5.79. The molecular formula is C36H48N2O8. The molecule has 4 rings (SSSR count). The number of piperidine rings is 1. The summed E-state index contributed by atoms with van der Waals surface area (Å²) in [5.74, 6) is -0.487. The van der Waals surface area contributed by atoms with Crippen LogP contribution in [0.5, 0.6) is 28.7 Å². The Hall–Kier alpha value is -3.83. The molecule has 2 atom stereocenters. The van der Waals surface area contributed by atoms with Crippen molar-refractivity contribution in [3.8, 4) is 28.7 Å². The van der Waals surface area contributed by atoms with Crippen molar-refractivity contribution in [2.75, 3.05) is 26.4 Å². The number of ketones is 1. The number of aryl methyl sites for hydroxylation is 3. The van der Waals surface area contributed by atoms with E-state index in [-0.39, 0.29) is 79.2 Å². The van der Waals surface area contributed by atoms with Gasteiger partial charge in [0.05, 0.1) is 6.10 Å². The number of hydrogen-bond acceptors (Lipinski definition) is 10. The third kappa shape index (κ3) is 10.3. The minimum Gasteiger partial charge on any atom is -0.504 e. The molecule has 10 nitrogen and oxygen atoms in total. The molecule has 8 N–H and O–H groups in total. The molecule has 1 fully saturated rings. The molecule has 0 aromatic heterocycles. The lowest BCUT2D eigenvalue weighted by Crippen LogP contribution is -2.34. The van der Waals surface area contributed by atoms with Crippen molar-refractivity contribution in [2.24, 2.45) is 5.73 Å². The van der Waals surface area contributed by atoms with Crippen molar-refractivity contribution in [1.82, 2.24) is 5.32 Å². The summed E-state index contributed by atoms with van der Waals surface area (Å²) in [6.45, 7) is 1.65. The SMILES string of the molecule is NCOc1cc(CCC(=O)C[C@H](O)C[C@H](CCc2ccccc2CCCO)c2cc(O)c(O)c(OC3CCNCC3)c2)ccc1O. The Morgan fingerprint density at radius 1 is 0.935 bits per heavy atom. The highest BCUT2D eigenvalue weighted by atomic mass is 16.5. The fourth-order valence-corrected chi connectivity index (χ4v) is 6.08. The maximum absolute atomic E-state index is 12.9. The zero-order valence-electron chi connectivity index (χ0n) is 26.4. The Labute approximate surface area is 270 Å². The quantitative estimate of drug-likeness (QED) is 0.0791. The Balaban J connectivity index is 1.48. The number of nitrogens with two attached hydrogens (primary N) is 1. The van der Waals surface area contributed by atoms with E-state index in [2.05, 4.69) is 17.4 Å². The van der Waals surface area contributed by atoms with Crippen LogP contribution in [0.15, 0.2) is 54.6 Å². The van der Waals surface area contributed by atoms with Crippen molar-refractivity contribution in [3.63, 3.8) is 0 Å². The lowest BCUT2D eigenvalue weighted by Gasteiger charge is -2.26. The van der Waals surface area contributed by atoms with Gasteiger partial charge in [0.1, 0.15) is 18.6 Å². The van der Waals surface area contributed by atoms with Crippen LogP contribution in [0.25, 0.3) is 0 Å². The standard InChI is InChI=1S/C36H48N2O8/c37-23-45-34-18-24(8-12-32(34)42)7-11-29(40)22-30(41)19-27(10-9-26-5-2-1-4-25(26)6-3-17-39)28-20-33(43)36(44)35(21-28)46-31-13-15-38-16-14-31/h1-2,4-5,8,12,18,20-21,27,30-31,38-39,41-44H,3,6-7,9-11,13-17,19,22-23,37H2/t27-,30+/m0/s1. The third-order valence-electron chi connectivity index (χ3n) is 8.59. The first-order chi connectivity index (χ1) is 22.3. The predicted octanol–water partition coefficient (Wildman–Crippen LogP) is 4.21. The number of Topliss-reactive ketones (excluding diaryl/α,β-unsaturated/α-hetero) is 1. The number of nitrogens with one attached hydrogen (secondary N) is 1. The van der Waals surface area contributed by atoms with Crippen molar-refractivity contribution >= 4 is 5.78 Å². The molecule has 3 aromatic rings. The summed E-state index contributed by atoms with van der Waals surface area (Å²) in [7, 11) is 0. The topological polar surface area (TPSA) is 175 Å². The van der Waals surface area contributed by atoms with Gasteiger partial charge in [0, 0.05) is 19.4 Å². The second-order valence-corrected chi connectivity index (χ2v) is 12.0. The van der Waals surface area contributed by atoms with Gasteiger partial charge in [-0.15, -0.1) is 0 Å². The normalized spacial score (nSPS) is 14.9. The molecule has 0 saturated carbocycles. The van der Waals surface area contributed by atoms with Crippen molar-refractivity contribution in [2.45, 2.75) is 82.3 Å². The zero-order chi connectivity index (χ0) is 32.9. The molecule has 250 valence electrons. The van der Waals surface area contributed by atoms with E-state index in [1.807, 2.05) is 12.1 Å². The molecule has 0 spiro atoms. The van der Waals surface area contributed by atoms with Crippen LogP contribution < -0.4 is 20.5 Å². The Kier molecular flexibility index (Phi) is 13.5. The van der Waals surface area contributed by atoms with Crippen LogP contribution in [0, 0.1) is 0 Å². The Bertz CT molecular complexity index is 1410. The lowest BCUT2D eigenvalue weighted by atomic mass is 9.85. The van der Waals surface area contributed by atoms with E-state index in [0.717, 1.165) is 54.6 Å². The van der Waals surface area contributed by atoms with Gasteiger partial charge in [0.2, 0.25) is 5.75 Å². The molecule has 1 heterocycles. The highest BCUT2D eigenvalue weighted by Gasteiger charge is 2.24. The third-order valence-corrected chi connectivity index (χ3v) is 8.59. The van der Waals surface area contributed by atoms with Gasteiger partial charge in [-0.1, -0.05) is 30.3 Å². The Morgan fingerprint density at radius 2 is 1.67 bits per heavy atom. The number of rotatable bonds is 18. The van der Waals surface area contributed by atoms with Crippen molar-refractivity contribution in [1.29, 1.82) is 0 Å². The molecule has 0 amide bonds. The van der Waals surface area contributed by atoms with Gasteiger partial charge in [-0.25, -0.2) is 0 Å². The minimum absolute atomic E-state index is 0.0254. The molecule has 1 saturated heterocycles. The molecule has 1 aliphatic heterocycles. The second kappa shape index (κ2) is 17.8. The molecule has 0 radical (unpaired) electrons. The maximum Gasteiger partial charge on any atom is 0.200 e. The first kappa shape index (κ1) is 35.0. The van der Waals surface area contributed by atoms with Crippen LogP contribution >= 0.6 is 0 Å². The smallest absolute Gasteiger partial charge is 0.200 e. The molecule has 0 aliphatic carbocycles. The van der Waals surface area contributed by atoms with Crippen LogP contribution in [0.1, 0.15) is 73.1 Å². The maximum atomic E-state index is 12.9. The summed E-state index contributed by atoms with van der Waals surface area (Å²) >= 11 is 0. The van der Waals surface area contributed by atoms with Gasteiger partial charge >= 0.3 is 0 Å². The van der Waals surface area contributed by atoms with Crippen molar-refractivity contribution < 1.29 is 39.8 Å². The van der Waals surface area contributed by atoms with E-state index in [1.54, 1.807) is 18.2 Å². The molecule has 46 heavy (non-hydrogen) atoms. The second-order valence-electron chi connectivity index (χ2n) is 12.0. The number of benzene rings is 3. The van der Waals surface area contributed by atoms with Gasteiger partial charge in [0.25, 0.3) is 0 Å².